The Kier molecular flexibility index (Phi) is 5.32. The van der Waals surface area contributed by atoms with E-state index in [9.17, 15) is 0 Å². The molecule has 0 aliphatic rings. The zero-order chi connectivity index (χ0) is 15.5. The topological polar surface area (TPSA) is 17.8 Å². The molecule has 2 nitrogen and oxygen atoms in total. The fourth-order valence-corrected chi connectivity index (χ4v) is 3.25. The standard InChI is InChI=1S/C18H27ClN2/c1-5-6-7-11-18(3,4)13-21-16(12-19)20-15-10-8-9-14(2)17(15)21/h8-10H,5-7,11-13H2,1-4H3. The highest BCUT2D eigenvalue weighted by molar-refractivity contribution is 6.16. The third-order valence-corrected chi connectivity index (χ3v) is 4.45. The van der Waals surface area contributed by atoms with E-state index in [0.29, 0.717) is 5.88 Å². The van der Waals surface area contributed by atoms with Gasteiger partial charge in [0, 0.05) is 6.54 Å². The Morgan fingerprint density at radius 3 is 2.67 bits per heavy atom. The third kappa shape index (κ3) is 3.79. The van der Waals surface area contributed by atoms with Crippen LogP contribution in [0.4, 0.5) is 0 Å². The van der Waals surface area contributed by atoms with Gasteiger partial charge in [-0.1, -0.05) is 52.2 Å². The van der Waals surface area contributed by atoms with E-state index in [0.717, 1.165) is 17.9 Å². The van der Waals surface area contributed by atoms with Gasteiger partial charge in [0.05, 0.1) is 16.9 Å². The minimum atomic E-state index is 0.270. The number of alkyl halides is 1. The smallest absolute Gasteiger partial charge is 0.124 e. The highest BCUT2D eigenvalue weighted by atomic mass is 35.5. The SMILES string of the molecule is CCCCCC(C)(C)Cn1c(CCl)nc2cccc(C)c21. The lowest BCUT2D eigenvalue weighted by atomic mass is 9.86. The Morgan fingerprint density at radius 1 is 1.24 bits per heavy atom. The van der Waals surface area contributed by atoms with Gasteiger partial charge in [-0.25, -0.2) is 4.98 Å². The number of aromatic nitrogens is 2. The first-order chi connectivity index (χ1) is 9.98. The molecular formula is C18H27ClN2. The molecule has 1 aromatic carbocycles. The zero-order valence-electron chi connectivity index (χ0n) is 13.7. The van der Waals surface area contributed by atoms with Crippen LogP contribution in [0, 0.1) is 12.3 Å². The van der Waals surface area contributed by atoms with E-state index in [2.05, 4.69) is 50.5 Å². The van der Waals surface area contributed by atoms with Crippen molar-refractivity contribution >= 4 is 22.6 Å². The van der Waals surface area contributed by atoms with Crippen molar-refractivity contribution in [2.24, 2.45) is 5.41 Å². The molecule has 21 heavy (non-hydrogen) atoms. The Labute approximate surface area is 133 Å². The zero-order valence-corrected chi connectivity index (χ0v) is 14.5. The number of aryl methyl sites for hydroxylation is 1. The average Bonchev–Trinajstić information content (AvgIpc) is 2.77. The van der Waals surface area contributed by atoms with Crippen molar-refractivity contribution in [2.75, 3.05) is 0 Å². The second-order valence-corrected chi connectivity index (χ2v) is 7.08. The van der Waals surface area contributed by atoms with Gasteiger partial charge in [0.15, 0.2) is 0 Å². The Hall–Kier alpha value is -1.02. The summed E-state index contributed by atoms with van der Waals surface area (Å²) in [6.07, 6.45) is 5.13. The summed E-state index contributed by atoms with van der Waals surface area (Å²) in [5.41, 5.74) is 3.86. The van der Waals surface area contributed by atoms with Crippen molar-refractivity contribution < 1.29 is 0 Å². The number of unbranched alkanes of at least 4 members (excludes halogenated alkanes) is 2. The van der Waals surface area contributed by atoms with Crippen LogP contribution in [0.3, 0.4) is 0 Å². The summed E-state index contributed by atoms with van der Waals surface area (Å²) in [6.45, 7) is 10.1. The van der Waals surface area contributed by atoms with Gasteiger partial charge in [0.1, 0.15) is 5.82 Å². The summed E-state index contributed by atoms with van der Waals surface area (Å²) in [4.78, 5) is 4.70. The van der Waals surface area contributed by atoms with E-state index in [4.69, 9.17) is 16.6 Å². The maximum absolute atomic E-state index is 6.13. The van der Waals surface area contributed by atoms with Gasteiger partial charge in [-0.15, -0.1) is 11.6 Å². The van der Waals surface area contributed by atoms with Crippen LogP contribution in [0.2, 0.25) is 0 Å². The van der Waals surface area contributed by atoms with Crippen LogP contribution in [0.15, 0.2) is 18.2 Å². The molecule has 0 saturated carbocycles. The fourth-order valence-electron chi connectivity index (χ4n) is 3.05. The number of para-hydroxylation sites is 1. The molecule has 1 heterocycles. The number of halogens is 1. The van der Waals surface area contributed by atoms with Crippen LogP contribution >= 0.6 is 11.6 Å². The molecule has 0 bridgehead atoms. The first-order valence-corrected chi connectivity index (χ1v) is 8.52. The van der Waals surface area contributed by atoms with E-state index in [1.54, 1.807) is 0 Å². The first-order valence-electron chi connectivity index (χ1n) is 7.99. The number of hydrogen-bond donors (Lipinski definition) is 0. The molecule has 3 heteroatoms. The predicted octanol–water partition coefficient (Wildman–Crippen LogP) is 5.69. The number of benzene rings is 1. The van der Waals surface area contributed by atoms with Gasteiger partial charge in [0.25, 0.3) is 0 Å². The van der Waals surface area contributed by atoms with Gasteiger partial charge >= 0.3 is 0 Å². The van der Waals surface area contributed by atoms with E-state index in [-0.39, 0.29) is 5.41 Å². The van der Waals surface area contributed by atoms with Gasteiger partial charge in [0.2, 0.25) is 0 Å². The molecule has 0 saturated heterocycles. The number of hydrogen-bond acceptors (Lipinski definition) is 1. The van der Waals surface area contributed by atoms with Crippen molar-refractivity contribution in [1.82, 2.24) is 9.55 Å². The lowest BCUT2D eigenvalue weighted by Crippen LogP contribution is -2.21. The molecule has 0 N–H and O–H groups in total. The molecule has 0 atom stereocenters. The normalized spacial score (nSPS) is 12.2. The number of rotatable bonds is 7. The summed E-state index contributed by atoms with van der Waals surface area (Å²) in [7, 11) is 0. The molecule has 2 aromatic rings. The number of fused-ring (bicyclic) bond motifs is 1. The van der Waals surface area contributed by atoms with Gasteiger partial charge in [-0.3, -0.25) is 0 Å². The van der Waals surface area contributed by atoms with Gasteiger partial charge in [-0.05, 0) is 30.4 Å². The largest absolute Gasteiger partial charge is 0.326 e. The number of imidazole rings is 1. The molecule has 0 fully saturated rings. The first kappa shape index (κ1) is 16.4. The summed E-state index contributed by atoms with van der Waals surface area (Å²) < 4.78 is 2.34. The summed E-state index contributed by atoms with van der Waals surface area (Å²) >= 11 is 6.13. The van der Waals surface area contributed by atoms with Crippen LogP contribution in [-0.4, -0.2) is 9.55 Å². The highest BCUT2D eigenvalue weighted by Gasteiger charge is 2.22. The summed E-state index contributed by atoms with van der Waals surface area (Å²) in [6, 6.07) is 6.31. The fraction of sp³-hybridized carbons (Fsp3) is 0.611. The van der Waals surface area contributed by atoms with Crippen LogP contribution in [0.5, 0.6) is 0 Å². The average molecular weight is 307 g/mol. The second kappa shape index (κ2) is 6.83. The van der Waals surface area contributed by atoms with Crippen molar-refractivity contribution in [3.8, 4) is 0 Å². The highest BCUT2D eigenvalue weighted by Crippen LogP contribution is 2.30. The quantitative estimate of drug-likeness (QED) is 0.474. The van der Waals surface area contributed by atoms with Gasteiger partial charge < -0.3 is 4.57 Å². The van der Waals surface area contributed by atoms with Crippen LogP contribution < -0.4 is 0 Å². The Balaban J connectivity index is 2.32. The molecular weight excluding hydrogens is 280 g/mol. The molecule has 2 rings (SSSR count). The lowest BCUT2D eigenvalue weighted by Gasteiger charge is -2.26. The van der Waals surface area contributed by atoms with Crippen molar-refractivity contribution in [3.05, 3.63) is 29.6 Å². The molecule has 1 aromatic heterocycles. The Bertz CT molecular complexity index is 599. The molecule has 0 aliphatic carbocycles. The van der Waals surface area contributed by atoms with Crippen LogP contribution in [0.1, 0.15) is 57.8 Å². The van der Waals surface area contributed by atoms with Crippen molar-refractivity contribution in [3.63, 3.8) is 0 Å². The van der Waals surface area contributed by atoms with Crippen molar-refractivity contribution in [1.29, 1.82) is 0 Å². The summed E-state index contributed by atoms with van der Waals surface area (Å²) in [5.74, 6) is 1.46. The minimum Gasteiger partial charge on any atom is -0.326 e. The van der Waals surface area contributed by atoms with Gasteiger partial charge in [-0.2, -0.15) is 0 Å². The maximum atomic E-state index is 6.13. The molecule has 0 spiro atoms. The van der Waals surface area contributed by atoms with E-state index >= 15 is 0 Å². The third-order valence-electron chi connectivity index (χ3n) is 4.21. The van der Waals surface area contributed by atoms with E-state index in [1.807, 2.05) is 0 Å². The molecule has 116 valence electrons. The summed E-state index contributed by atoms with van der Waals surface area (Å²) in [5, 5.41) is 0. The van der Waals surface area contributed by atoms with E-state index < -0.39 is 0 Å². The molecule has 0 amide bonds. The Morgan fingerprint density at radius 2 is 2.00 bits per heavy atom. The van der Waals surface area contributed by atoms with Crippen molar-refractivity contribution in [2.45, 2.75) is 65.8 Å². The monoisotopic (exact) mass is 306 g/mol. The maximum Gasteiger partial charge on any atom is 0.124 e. The number of nitrogens with zero attached hydrogens (tertiary/aromatic N) is 2. The minimum absolute atomic E-state index is 0.270. The second-order valence-electron chi connectivity index (χ2n) is 6.81. The molecule has 0 unspecified atom stereocenters. The predicted molar refractivity (Wildman–Crippen MR) is 92.0 cm³/mol. The molecule has 0 aliphatic heterocycles. The van der Waals surface area contributed by atoms with Crippen LogP contribution in [-0.2, 0) is 12.4 Å². The van der Waals surface area contributed by atoms with E-state index in [1.165, 1.54) is 36.8 Å². The van der Waals surface area contributed by atoms with Crippen LogP contribution in [0.25, 0.3) is 11.0 Å². The molecule has 0 radical (unpaired) electrons. The lowest BCUT2D eigenvalue weighted by molar-refractivity contribution is 0.272.